The van der Waals surface area contributed by atoms with Crippen molar-refractivity contribution in [2.24, 2.45) is 11.7 Å². The van der Waals surface area contributed by atoms with E-state index in [1.165, 1.54) is 12.1 Å². The maximum absolute atomic E-state index is 12.2. The number of rotatable bonds is 6. The Balaban J connectivity index is 3.08. The molecule has 3 N–H and O–H groups in total. The summed E-state index contributed by atoms with van der Waals surface area (Å²) in [7, 11) is 0. The first-order chi connectivity index (χ1) is 9.77. The largest absolute Gasteiger partial charge is 0.368 e. The molecule has 0 saturated carbocycles. The molecule has 2 atom stereocenters. The molecule has 0 radical (unpaired) electrons. The molecule has 2 amide bonds. The van der Waals surface area contributed by atoms with Crippen molar-refractivity contribution in [3.05, 3.63) is 38.9 Å². The molecule has 1 aromatic carbocycles. The van der Waals surface area contributed by atoms with E-state index in [2.05, 4.69) is 5.32 Å². The van der Waals surface area contributed by atoms with Gasteiger partial charge in [-0.05, 0) is 18.1 Å². The topological polar surface area (TPSA) is 115 Å². The Kier molecular flexibility index (Phi) is 5.66. The summed E-state index contributed by atoms with van der Waals surface area (Å²) in [6.45, 7) is 3.60. The molecule has 114 valence electrons. The Hall–Kier alpha value is -2.15. The molecule has 0 aromatic heterocycles. The Morgan fingerprint density at radius 1 is 1.48 bits per heavy atom. The van der Waals surface area contributed by atoms with Crippen molar-refractivity contribution >= 4 is 29.1 Å². The third kappa shape index (κ3) is 4.16. The number of hydrogen-bond acceptors (Lipinski definition) is 4. The molecule has 7 nitrogen and oxygen atoms in total. The summed E-state index contributed by atoms with van der Waals surface area (Å²) in [4.78, 5) is 33.8. The third-order valence-corrected chi connectivity index (χ3v) is 3.44. The second kappa shape index (κ2) is 7.03. The van der Waals surface area contributed by atoms with Crippen molar-refractivity contribution in [1.29, 1.82) is 0 Å². The van der Waals surface area contributed by atoms with Gasteiger partial charge >= 0.3 is 0 Å². The van der Waals surface area contributed by atoms with Crippen LogP contribution in [0.25, 0.3) is 0 Å². The summed E-state index contributed by atoms with van der Waals surface area (Å²) >= 11 is 5.68. The Morgan fingerprint density at radius 2 is 2.10 bits per heavy atom. The molecular formula is C13H16ClN3O4. The van der Waals surface area contributed by atoms with Gasteiger partial charge in [-0.3, -0.25) is 19.7 Å². The van der Waals surface area contributed by atoms with Crippen LogP contribution >= 0.6 is 11.6 Å². The van der Waals surface area contributed by atoms with Gasteiger partial charge in [-0.2, -0.15) is 0 Å². The van der Waals surface area contributed by atoms with Gasteiger partial charge < -0.3 is 11.1 Å². The van der Waals surface area contributed by atoms with Crippen LogP contribution in [0.2, 0.25) is 5.02 Å². The van der Waals surface area contributed by atoms with E-state index < -0.39 is 28.5 Å². The lowest BCUT2D eigenvalue weighted by Gasteiger charge is -2.21. The smallest absolute Gasteiger partial charge is 0.283 e. The molecule has 0 aliphatic heterocycles. The molecule has 0 aliphatic carbocycles. The Morgan fingerprint density at radius 3 is 2.57 bits per heavy atom. The van der Waals surface area contributed by atoms with Gasteiger partial charge in [0, 0.05) is 11.1 Å². The lowest BCUT2D eigenvalue weighted by molar-refractivity contribution is -0.385. The van der Waals surface area contributed by atoms with Gasteiger partial charge in [0.2, 0.25) is 5.91 Å². The molecule has 1 aromatic rings. The number of carbonyl (C=O) groups excluding carboxylic acids is 2. The maximum Gasteiger partial charge on any atom is 0.283 e. The van der Waals surface area contributed by atoms with E-state index in [1.807, 2.05) is 6.92 Å². The predicted octanol–water partition coefficient (Wildman–Crippen LogP) is 1.88. The summed E-state index contributed by atoms with van der Waals surface area (Å²) in [5, 5.41) is 13.5. The van der Waals surface area contributed by atoms with Crippen LogP contribution in [0.4, 0.5) is 5.69 Å². The van der Waals surface area contributed by atoms with Crippen LogP contribution < -0.4 is 11.1 Å². The fraction of sp³-hybridized carbons (Fsp3) is 0.385. The molecule has 0 spiro atoms. The molecule has 0 fully saturated rings. The first-order valence-electron chi connectivity index (χ1n) is 6.32. The van der Waals surface area contributed by atoms with Crippen LogP contribution in [-0.2, 0) is 4.79 Å². The molecule has 1 rings (SSSR count). The minimum absolute atomic E-state index is 0.145. The third-order valence-electron chi connectivity index (χ3n) is 3.21. The highest BCUT2D eigenvalue weighted by Gasteiger charge is 2.27. The van der Waals surface area contributed by atoms with Crippen LogP contribution in [0, 0.1) is 16.0 Å². The maximum atomic E-state index is 12.2. The number of benzene rings is 1. The average Bonchev–Trinajstić information content (AvgIpc) is 2.43. The average molecular weight is 314 g/mol. The zero-order chi connectivity index (χ0) is 16.2. The second-order valence-electron chi connectivity index (χ2n) is 4.66. The highest BCUT2D eigenvalue weighted by atomic mass is 35.5. The zero-order valence-corrected chi connectivity index (χ0v) is 12.4. The lowest BCUT2D eigenvalue weighted by Crippen LogP contribution is -2.48. The fourth-order valence-electron chi connectivity index (χ4n) is 1.80. The van der Waals surface area contributed by atoms with Crippen molar-refractivity contribution in [1.82, 2.24) is 5.32 Å². The number of halogens is 1. The molecular weight excluding hydrogens is 298 g/mol. The van der Waals surface area contributed by atoms with Crippen LogP contribution in [0.5, 0.6) is 0 Å². The minimum Gasteiger partial charge on any atom is -0.368 e. The second-order valence-corrected chi connectivity index (χ2v) is 5.09. The van der Waals surface area contributed by atoms with Gasteiger partial charge in [-0.15, -0.1) is 0 Å². The van der Waals surface area contributed by atoms with Crippen LogP contribution in [0.1, 0.15) is 30.6 Å². The molecule has 0 aliphatic rings. The first-order valence-corrected chi connectivity index (χ1v) is 6.69. The predicted molar refractivity (Wildman–Crippen MR) is 78.0 cm³/mol. The molecule has 0 heterocycles. The molecule has 21 heavy (non-hydrogen) atoms. The SMILES string of the molecule is CCC(C)C(NC(=O)c1ccc(Cl)cc1[N+](=O)[O-])C(N)=O. The number of primary amides is 1. The first kappa shape index (κ1) is 16.9. The van der Waals surface area contributed by atoms with Crippen LogP contribution in [-0.4, -0.2) is 22.8 Å². The molecule has 2 unspecified atom stereocenters. The van der Waals surface area contributed by atoms with Gasteiger partial charge in [-0.1, -0.05) is 31.9 Å². The summed E-state index contributed by atoms with van der Waals surface area (Å²) in [5.74, 6) is -1.60. The summed E-state index contributed by atoms with van der Waals surface area (Å²) in [5.41, 5.74) is 4.66. The van der Waals surface area contributed by atoms with E-state index in [-0.39, 0.29) is 16.5 Å². The Bertz CT molecular complexity index is 577. The number of nitro groups is 1. The minimum atomic E-state index is -0.891. The van der Waals surface area contributed by atoms with Gasteiger partial charge in [-0.25, -0.2) is 0 Å². The number of nitrogens with one attached hydrogen (secondary N) is 1. The standard InChI is InChI=1S/C13H16ClN3O4/c1-3-7(2)11(12(15)18)16-13(19)9-5-4-8(14)6-10(9)17(20)21/h4-7,11H,3H2,1-2H3,(H2,15,18)(H,16,19). The van der Waals surface area contributed by atoms with E-state index in [4.69, 9.17) is 17.3 Å². The zero-order valence-electron chi connectivity index (χ0n) is 11.6. The lowest BCUT2D eigenvalue weighted by atomic mass is 9.98. The van der Waals surface area contributed by atoms with E-state index in [9.17, 15) is 19.7 Å². The monoisotopic (exact) mass is 313 g/mol. The van der Waals surface area contributed by atoms with Gasteiger partial charge in [0.1, 0.15) is 11.6 Å². The van der Waals surface area contributed by atoms with Crippen molar-refractivity contribution in [2.75, 3.05) is 0 Å². The van der Waals surface area contributed by atoms with E-state index in [1.54, 1.807) is 6.92 Å². The quantitative estimate of drug-likeness (QED) is 0.616. The summed E-state index contributed by atoms with van der Waals surface area (Å²) in [6, 6.07) is 2.80. The Labute approximate surface area is 126 Å². The van der Waals surface area contributed by atoms with E-state index in [0.717, 1.165) is 6.07 Å². The number of nitrogens with zero attached hydrogens (tertiary/aromatic N) is 1. The fourth-order valence-corrected chi connectivity index (χ4v) is 1.96. The van der Waals surface area contributed by atoms with E-state index in [0.29, 0.717) is 6.42 Å². The van der Waals surface area contributed by atoms with Crippen molar-refractivity contribution < 1.29 is 14.5 Å². The van der Waals surface area contributed by atoms with Crippen LogP contribution in [0.15, 0.2) is 18.2 Å². The van der Waals surface area contributed by atoms with Gasteiger partial charge in [0.15, 0.2) is 0 Å². The highest BCUT2D eigenvalue weighted by molar-refractivity contribution is 6.31. The van der Waals surface area contributed by atoms with Crippen molar-refractivity contribution in [2.45, 2.75) is 26.3 Å². The van der Waals surface area contributed by atoms with E-state index >= 15 is 0 Å². The normalized spacial score (nSPS) is 13.3. The number of nitro benzene ring substituents is 1. The number of nitrogens with two attached hydrogens (primary N) is 1. The van der Waals surface area contributed by atoms with Crippen molar-refractivity contribution in [3.63, 3.8) is 0 Å². The number of carbonyl (C=O) groups is 2. The van der Waals surface area contributed by atoms with Crippen molar-refractivity contribution in [3.8, 4) is 0 Å². The summed E-state index contributed by atoms with van der Waals surface area (Å²) in [6.07, 6.45) is 0.622. The van der Waals surface area contributed by atoms with Crippen LogP contribution in [0.3, 0.4) is 0 Å². The van der Waals surface area contributed by atoms with Gasteiger partial charge in [0.05, 0.1) is 4.92 Å². The molecule has 0 saturated heterocycles. The number of amides is 2. The molecule has 8 heteroatoms. The summed E-state index contributed by atoms with van der Waals surface area (Å²) < 4.78 is 0. The molecule has 0 bridgehead atoms. The number of hydrogen-bond donors (Lipinski definition) is 2. The van der Waals surface area contributed by atoms with Gasteiger partial charge in [0.25, 0.3) is 11.6 Å². The highest BCUT2D eigenvalue weighted by Crippen LogP contribution is 2.23.